The zero-order chi connectivity index (χ0) is 13.4. The van der Waals surface area contributed by atoms with Crippen molar-refractivity contribution in [2.75, 3.05) is 10.6 Å². The molecule has 0 aliphatic carbocycles. The molecule has 0 bridgehead atoms. The van der Waals surface area contributed by atoms with Crippen molar-refractivity contribution in [2.24, 2.45) is 0 Å². The number of rotatable bonds is 2. The molecule has 5 heteroatoms. The third kappa shape index (κ3) is 2.13. The van der Waals surface area contributed by atoms with E-state index < -0.39 is 0 Å². The summed E-state index contributed by atoms with van der Waals surface area (Å²) in [6.45, 7) is 1.85. The van der Waals surface area contributed by atoms with Crippen molar-refractivity contribution in [3.05, 3.63) is 46.2 Å². The summed E-state index contributed by atoms with van der Waals surface area (Å²) < 4.78 is 0. The average Bonchev–Trinajstić information content (AvgIpc) is 3.01. The van der Waals surface area contributed by atoms with E-state index in [4.69, 9.17) is 0 Å². The first-order valence-electron chi connectivity index (χ1n) is 5.95. The van der Waals surface area contributed by atoms with E-state index in [1.54, 1.807) is 12.1 Å². The van der Waals surface area contributed by atoms with Crippen LogP contribution < -0.4 is 10.6 Å². The third-order valence-electron chi connectivity index (χ3n) is 3.17. The Balaban J connectivity index is 1.84. The molecular formula is C14H12N2O2S. The Morgan fingerprint density at radius 2 is 2.21 bits per heavy atom. The summed E-state index contributed by atoms with van der Waals surface area (Å²) in [6.07, 6.45) is 0. The lowest BCUT2D eigenvalue weighted by Crippen LogP contribution is -2.10. The topological polar surface area (TPSA) is 58.2 Å². The fraction of sp³-hybridized carbons (Fsp3) is 0.143. The van der Waals surface area contributed by atoms with E-state index in [0.29, 0.717) is 10.6 Å². The monoisotopic (exact) mass is 272 g/mol. The van der Waals surface area contributed by atoms with Gasteiger partial charge in [0.25, 0.3) is 5.91 Å². The second-order valence-electron chi connectivity index (χ2n) is 4.44. The number of nitrogens with one attached hydrogen (secondary N) is 2. The number of hydrogen-bond acceptors (Lipinski definition) is 3. The molecule has 96 valence electrons. The summed E-state index contributed by atoms with van der Waals surface area (Å²) in [5, 5.41) is 7.51. The number of hydrogen-bond donors (Lipinski definition) is 2. The zero-order valence-electron chi connectivity index (χ0n) is 10.3. The van der Waals surface area contributed by atoms with Crippen LogP contribution in [-0.4, -0.2) is 11.8 Å². The van der Waals surface area contributed by atoms with Crippen molar-refractivity contribution in [3.63, 3.8) is 0 Å². The third-order valence-corrected chi connectivity index (χ3v) is 4.04. The number of fused-ring (bicyclic) bond motifs is 1. The smallest absolute Gasteiger partial charge is 0.265 e. The Hall–Kier alpha value is -2.14. The van der Waals surface area contributed by atoms with E-state index in [0.717, 1.165) is 11.3 Å². The van der Waals surface area contributed by atoms with Crippen molar-refractivity contribution in [1.82, 2.24) is 0 Å². The Bertz CT molecular complexity index is 649. The highest BCUT2D eigenvalue weighted by atomic mass is 32.1. The largest absolute Gasteiger partial charge is 0.325 e. The van der Waals surface area contributed by atoms with Crippen LogP contribution in [0.3, 0.4) is 0 Å². The standard InChI is InChI=1S/C14H12N2O2S/c1-8-10-7-9(4-5-11(10)16-13(8)17)15-14(18)12-3-2-6-19-12/h2-8H,1H3,(H,15,18)(H,16,17). The molecule has 2 N–H and O–H groups in total. The summed E-state index contributed by atoms with van der Waals surface area (Å²) in [7, 11) is 0. The van der Waals surface area contributed by atoms with Gasteiger partial charge >= 0.3 is 0 Å². The normalized spacial score (nSPS) is 16.9. The number of thiophene rings is 1. The fourth-order valence-electron chi connectivity index (χ4n) is 2.10. The van der Waals surface area contributed by atoms with Gasteiger partial charge in [-0.1, -0.05) is 6.07 Å². The summed E-state index contributed by atoms with van der Waals surface area (Å²) in [5.74, 6) is -0.301. The van der Waals surface area contributed by atoms with Crippen molar-refractivity contribution in [2.45, 2.75) is 12.8 Å². The minimum absolute atomic E-state index is 0.00302. The first-order valence-corrected chi connectivity index (χ1v) is 6.83. The zero-order valence-corrected chi connectivity index (χ0v) is 11.1. The van der Waals surface area contributed by atoms with Crippen LogP contribution >= 0.6 is 11.3 Å². The SMILES string of the molecule is CC1C(=O)Nc2ccc(NC(=O)c3cccs3)cc21. The van der Waals surface area contributed by atoms with Crippen LogP contribution in [0.1, 0.15) is 28.1 Å². The molecule has 1 atom stereocenters. The van der Waals surface area contributed by atoms with Gasteiger partial charge in [-0.15, -0.1) is 11.3 Å². The lowest BCUT2D eigenvalue weighted by molar-refractivity contribution is -0.116. The number of carbonyl (C=O) groups is 2. The van der Waals surface area contributed by atoms with Gasteiger partial charge in [-0.2, -0.15) is 0 Å². The van der Waals surface area contributed by atoms with Gasteiger partial charge in [0.2, 0.25) is 5.91 Å². The molecule has 0 saturated heterocycles. The molecule has 0 spiro atoms. The van der Waals surface area contributed by atoms with E-state index in [1.165, 1.54) is 11.3 Å². The highest BCUT2D eigenvalue weighted by Crippen LogP contribution is 2.34. The molecule has 1 aliphatic rings. The van der Waals surface area contributed by atoms with Gasteiger partial charge in [-0.25, -0.2) is 0 Å². The van der Waals surface area contributed by atoms with Crippen molar-refractivity contribution in [1.29, 1.82) is 0 Å². The van der Waals surface area contributed by atoms with Gasteiger partial charge in [-0.05, 0) is 42.1 Å². The Morgan fingerprint density at radius 1 is 1.37 bits per heavy atom. The van der Waals surface area contributed by atoms with Gasteiger partial charge in [0, 0.05) is 11.4 Å². The first-order chi connectivity index (χ1) is 9.15. The van der Waals surface area contributed by atoms with Gasteiger partial charge < -0.3 is 10.6 Å². The second kappa shape index (κ2) is 4.51. The molecule has 2 aromatic rings. The van der Waals surface area contributed by atoms with Crippen LogP contribution in [0.2, 0.25) is 0 Å². The van der Waals surface area contributed by atoms with E-state index in [9.17, 15) is 9.59 Å². The molecular weight excluding hydrogens is 260 g/mol. The fourth-order valence-corrected chi connectivity index (χ4v) is 2.71. The Morgan fingerprint density at radius 3 is 2.95 bits per heavy atom. The Labute approximate surface area is 114 Å². The molecule has 0 radical (unpaired) electrons. The maximum Gasteiger partial charge on any atom is 0.265 e. The van der Waals surface area contributed by atoms with Crippen molar-refractivity contribution >= 4 is 34.5 Å². The minimum Gasteiger partial charge on any atom is -0.325 e. The number of amides is 2. The molecule has 3 rings (SSSR count). The highest BCUT2D eigenvalue weighted by Gasteiger charge is 2.26. The average molecular weight is 272 g/mol. The van der Waals surface area contributed by atoms with Gasteiger partial charge in [-0.3, -0.25) is 9.59 Å². The molecule has 2 amide bonds. The van der Waals surface area contributed by atoms with E-state index in [-0.39, 0.29) is 17.7 Å². The molecule has 4 nitrogen and oxygen atoms in total. The summed E-state index contributed by atoms with van der Waals surface area (Å²) in [4.78, 5) is 24.2. The van der Waals surface area contributed by atoms with Crippen molar-refractivity contribution < 1.29 is 9.59 Å². The Kier molecular flexibility index (Phi) is 2.83. The number of carbonyl (C=O) groups excluding carboxylic acids is 2. The van der Waals surface area contributed by atoms with E-state index in [2.05, 4.69) is 10.6 Å². The van der Waals surface area contributed by atoms with Crippen LogP contribution in [0.4, 0.5) is 11.4 Å². The molecule has 2 heterocycles. The van der Waals surface area contributed by atoms with E-state index in [1.807, 2.05) is 30.5 Å². The van der Waals surface area contributed by atoms with Crippen LogP contribution in [0, 0.1) is 0 Å². The quantitative estimate of drug-likeness (QED) is 0.882. The second-order valence-corrected chi connectivity index (χ2v) is 5.39. The highest BCUT2D eigenvalue weighted by molar-refractivity contribution is 7.12. The van der Waals surface area contributed by atoms with Crippen LogP contribution in [-0.2, 0) is 4.79 Å². The van der Waals surface area contributed by atoms with E-state index >= 15 is 0 Å². The van der Waals surface area contributed by atoms with Crippen LogP contribution in [0.5, 0.6) is 0 Å². The number of benzene rings is 1. The lowest BCUT2D eigenvalue weighted by atomic mass is 10.0. The van der Waals surface area contributed by atoms with Gasteiger partial charge in [0.1, 0.15) is 0 Å². The minimum atomic E-state index is -0.173. The number of anilines is 2. The predicted octanol–water partition coefficient (Wildman–Crippen LogP) is 3.06. The van der Waals surface area contributed by atoms with Crippen LogP contribution in [0.25, 0.3) is 0 Å². The molecule has 19 heavy (non-hydrogen) atoms. The van der Waals surface area contributed by atoms with Gasteiger partial charge in [0.05, 0.1) is 10.8 Å². The predicted molar refractivity (Wildman–Crippen MR) is 75.8 cm³/mol. The molecule has 0 saturated carbocycles. The lowest BCUT2D eigenvalue weighted by Gasteiger charge is -2.07. The molecule has 1 aliphatic heterocycles. The first kappa shape index (κ1) is 11.9. The van der Waals surface area contributed by atoms with Crippen molar-refractivity contribution in [3.8, 4) is 0 Å². The molecule has 1 aromatic carbocycles. The summed E-state index contributed by atoms with van der Waals surface area (Å²) >= 11 is 1.40. The summed E-state index contributed by atoms with van der Waals surface area (Å²) in [6, 6.07) is 9.08. The maximum absolute atomic E-state index is 11.9. The molecule has 1 unspecified atom stereocenters. The van der Waals surface area contributed by atoms with Crippen LogP contribution in [0.15, 0.2) is 35.7 Å². The van der Waals surface area contributed by atoms with Gasteiger partial charge in [0.15, 0.2) is 0 Å². The maximum atomic E-state index is 11.9. The summed E-state index contributed by atoms with van der Waals surface area (Å²) in [5.41, 5.74) is 2.46. The molecule has 0 fully saturated rings. The molecule has 1 aromatic heterocycles.